The number of rotatable bonds is 4. The van der Waals surface area contributed by atoms with Crippen molar-refractivity contribution in [2.45, 2.75) is 49.6 Å². The molecular formula is C24H22F4N2O2. The van der Waals surface area contributed by atoms with Crippen LogP contribution >= 0.6 is 0 Å². The number of hydrogen-bond donors (Lipinski definition) is 2. The lowest BCUT2D eigenvalue weighted by atomic mass is 9.49. The van der Waals surface area contributed by atoms with Gasteiger partial charge in [-0.25, -0.2) is 17.6 Å². The second-order valence-electron chi connectivity index (χ2n) is 9.75. The summed E-state index contributed by atoms with van der Waals surface area (Å²) in [5.41, 5.74) is -1.40. The van der Waals surface area contributed by atoms with Crippen molar-refractivity contribution in [1.82, 2.24) is 10.6 Å². The molecule has 2 amide bonds. The van der Waals surface area contributed by atoms with Gasteiger partial charge in [-0.1, -0.05) is 0 Å². The Labute approximate surface area is 182 Å². The molecule has 0 radical (unpaired) electrons. The van der Waals surface area contributed by atoms with Gasteiger partial charge in [0.25, 0.3) is 11.8 Å². The van der Waals surface area contributed by atoms with Crippen LogP contribution in [0.5, 0.6) is 0 Å². The molecule has 4 bridgehead atoms. The number of benzene rings is 2. The summed E-state index contributed by atoms with van der Waals surface area (Å²) in [5.74, 6) is -3.88. The average Bonchev–Trinajstić information content (AvgIpc) is 2.64. The highest BCUT2D eigenvalue weighted by molar-refractivity contribution is 5.95. The molecule has 6 rings (SSSR count). The van der Waals surface area contributed by atoms with Crippen molar-refractivity contribution in [2.75, 3.05) is 0 Å². The Morgan fingerprint density at radius 3 is 1.34 bits per heavy atom. The molecule has 4 nitrogen and oxygen atoms in total. The highest BCUT2D eigenvalue weighted by Crippen LogP contribution is 2.57. The van der Waals surface area contributed by atoms with Gasteiger partial charge in [-0.05, 0) is 74.6 Å². The molecule has 2 aromatic rings. The number of carbonyl (C=O) groups excluding carboxylic acids is 2. The molecule has 0 heterocycles. The molecule has 4 saturated carbocycles. The number of carbonyl (C=O) groups is 2. The minimum absolute atomic E-state index is 0.0911. The Morgan fingerprint density at radius 2 is 1.00 bits per heavy atom. The Morgan fingerprint density at radius 1 is 0.656 bits per heavy atom. The van der Waals surface area contributed by atoms with Crippen LogP contribution in [0.3, 0.4) is 0 Å². The number of nitrogens with one attached hydrogen (secondary N) is 2. The monoisotopic (exact) mass is 446 g/mol. The van der Waals surface area contributed by atoms with E-state index in [1.807, 2.05) is 0 Å². The van der Waals surface area contributed by atoms with Gasteiger partial charge >= 0.3 is 0 Å². The van der Waals surface area contributed by atoms with Crippen molar-refractivity contribution < 1.29 is 27.2 Å². The summed E-state index contributed by atoms with van der Waals surface area (Å²) >= 11 is 0. The number of halogens is 4. The minimum atomic E-state index is -0.827. The van der Waals surface area contributed by atoms with Crippen LogP contribution in [-0.2, 0) is 0 Å². The van der Waals surface area contributed by atoms with E-state index < -0.39 is 46.2 Å². The van der Waals surface area contributed by atoms with Gasteiger partial charge in [0.2, 0.25) is 0 Å². The van der Waals surface area contributed by atoms with Crippen molar-refractivity contribution in [2.24, 2.45) is 11.8 Å². The summed E-state index contributed by atoms with van der Waals surface area (Å²) in [6, 6.07) is 5.40. The van der Waals surface area contributed by atoms with Gasteiger partial charge in [0.05, 0.1) is 0 Å². The topological polar surface area (TPSA) is 58.2 Å². The molecule has 0 aromatic heterocycles. The number of hydrogen-bond acceptors (Lipinski definition) is 2. The van der Waals surface area contributed by atoms with E-state index in [4.69, 9.17) is 0 Å². The molecule has 4 aliphatic carbocycles. The van der Waals surface area contributed by atoms with E-state index in [1.54, 1.807) is 0 Å². The fraction of sp³-hybridized carbons (Fsp3) is 0.417. The molecule has 168 valence electrons. The summed E-state index contributed by atoms with van der Waals surface area (Å²) < 4.78 is 54.4. The van der Waals surface area contributed by atoms with Gasteiger partial charge in [0.1, 0.15) is 23.3 Å². The first kappa shape index (κ1) is 21.0. The summed E-state index contributed by atoms with van der Waals surface area (Å²) in [6.45, 7) is 0. The molecule has 32 heavy (non-hydrogen) atoms. The van der Waals surface area contributed by atoms with Crippen molar-refractivity contribution in [1.29, 1.82) is 0 Å². The molecule has 2 aromatic carbocycles. The summed E-state index contributed by atoms with van der Waals surface area (Å²) in [4.78, 5) is 25.7. The fourth-order valence-electron chi connectivity index (χ4n) is 6.55. The average molecular weight is 446 g/mol. The third kappa shape index (κ3) is 3.87. The largest absolute Gasteiger partial charge is 0.346 e. The maximum absolute atomic E-state index is 13.6. The molecule has 8 heteroatoms. The first-order valence-electron chi connectivity index (χ1n) is 10.7. The van der Waals surface area contributed by atoms with Crippen LogP contribution in [0, 0.1) is 35.1 Å². The molecule has 4 aliphatic rings. The van der Waals surface area contributed by atoms with Crippen LogP contribution in [-0.4, -0.2) is 22.9 Å². The minimum Gasteiger partial charge on any atom is -0.346 e. The summed E-state index contributed by atoms with van der Waals surface area (Å²) in [6.07, 6.45) is 4.33. The Kier molecular flexibility index (Phi) is 4.80. The van der Waals surface area contributed by atoms with Crippen LogP contribution in [0.1, 0.15) is 59.2 Å². The highest BCUT2D eigenvalue weighted by atomic mass is 19.1. The third-order valence-corrected chi connectivity index (χ3v) is 7.07. The van der Waals surface area contributed by atoms with Gasteiger partial charge in [-0.3, -0.25) is 9.59 Å². The first-order chi connectivity index (χ1) is 15.1. The fourth-order valence-corrected chi connectivity index (χ4v) is 6.55. The molecule has 0 unspecified atom stereocenters. The Hall–Kier alpha value is -2.90. The highest BCUT2D eigenvalue weighted by Gasteiger charge is 2.58. The zero-order valence-corrected chi connectivity index (χ0v) is 17.2. The maximum atomic E-state index is 13.6. The predicted molar refractivity (Wildman–Crippen MR) is 108 cm³/mol. The predicted octanol–water partition coefficient (Wildman–Crippen LogP) is 4.49. The quantitative estimate of drug-likeness (QED) is 0.680. The van der Waals surface area contributed by atoms with Gasteiger partial charge in [0, 0.05) is 34.3 Å². The normalized spacial score (nSPS) is 30.2. The molecule has 2 N–H and O–H groups in total. The molecule has 0 aliphatic heterocycles. The smallest absolute Gasteiger partial charge is 0.251 e. The van der Waals surface area contributed by atoms with E-state index >= 15 is 0 Å². The lowest BCUT2D eigenvalue weighted by molar-refractivity contribution is -0.0448. The van der Waals surface area contributed by atoms with Crippen molar-refractivity contribution in [3.63, 3.8) is 0 Å². The van der Waals surface area contributed by atoms with Gasteiger partial charge in [0.15, 0.2) is 0 Å². The van der Waals surface area contributed by atoms with E-state index in [-0.39, 0.29) is 23.0 Å². The Balaban J connectivity index is 1.39. The van der Waals surface area contributed by atoms with Gasteiger partial charge in [-0.2, -0.15) is 0 Å². The van der Waals surface area contributed by atoms with Crippen molar-refractivity contribution in [3.8, 4) is 0 Å². The lowest BCUT2D eigenvalue weighted by Gasteiger charge is -2.62. The van der Waals surface area contributed by atoms with E-state index in [9.17, 15) is 27.2 Å². The maximum Gasteiger partial charge on any atom is 0.251 e. The zero-order valence-electron chi connectivity index (χ0n) is 17.2. The van der Waals surface area contributed by atoms with E-state index in [1.165, 1.54) is 0 Å². The third-order valence-electron chi connectivity index (χ3n) is 7.07. The molecular weight excluding hydrogens is 424 g/mol. The molecule has 0 spiro atoms. The van der Waals surface area contributed by atoms with Crippen molar-refractivity contribution in [3.05, 3.63) is 70.8 Å². The van der Waals surface area contributed by atoms with E-state index in [0.717, 1.165) is 56.4 Å². The standard InChI is InChI=1S/C24H22F4N2O2/c25-17-2-15(3-18(26)6-17)21(31)29-23-8-13-1-14(9-23)11-24(10-13,12-23)30-22(32)16-4-19(27)7-20(28)5-16/h2-7,13-14H,1,8-12H2,(H,29,31)(H,30,32). The van der Waals surface area contributed by atoms with Crippen LogP contribution in [0.2, 0.25) is 0 Å². The van der Waals surface area contributed by atoms with Crippen LogP contribution in [0.25, 0.3) is 0 Å². The second kappa shape index (κ2) is 7.32. The summed E-state index contributed by atoms with van der Waals surface area (Å²) in [7, 11) is 0. The molecule has 0 atom stereocenters. The molecule has 4 fully saturated rings. The SMILES string of the molecule is O=C(NC12CC3CC(C1)CC(NC(=O)c1cc(F)cc(F)c1)(C3)C2)c1cc(F)cc(F)c1. The lowest BCUT2D eigenvalue weighted by Crippen LogP contribution is -2.69. The molecule has 0 saturated heterocycles. The van der Waals surface area contributed by atoms with E-state index in [0.29, 0.717) is 18.6 Å². The van der Waals surface area contributed by atoms with Gasteiger partial charge < -0.3 is 10.6 Å². The van der Waals surface area contributed by atoms with E-state index in [2.05, 4.69) is 10.6 Å². The first-order valence-corrected chi connectivity index (χ1v) is 10.7. The Bertz CT molecular complexity index is 981. The zero-order chi connectivity index (χ0) is 22.7. The van der Waals surface area contributed by atoms with Crippen LogP contribution < -0.4 is 10.6 Å². The summed E-state index contributed by atoms with van der Waals surface area (Å²) in [5, 5.41) is 6.02. The van der Waals surface area contributed by atoms with Crippen molar-refractivity contribution >= 4 is 11.8 Å². The number of amides is 2. The van der Waals surface area contributed by atoms with Crippen LogP contribution in [0.4, 0.5) is 17.6 Å². The van der Waals surface area contributed by atoms with Gasteiger partial charge in [-0.15, -0.1) is 0 Å². The second-order valence-corrected chi connectivity index (χ2v) is 9.75. The van der Waals surface area contributed by atoms with Crippen LogP contribution in [0.15, 0.2) is 36.4 Å².